The van der Waals surface area contributed by atoms with Crippen LogP contribution >= 0.6 is 0 Å². The Kier molecular flexibility index (Phi) is 3.46. The summed E-state index contributed by atoms with van der Waals surface area (Å²) in [6.07, 6.45) is 0. The molecule has 5 nitrogen and oxygen atoms in total. The van der Waals surface area contributed by atoms with Gasteiger partial charge in [-0.15, -0.1) is 10.2 Å². The summed E-state index contributed by atoms with van der Waals surface area (Å²) in [5.74, 6) is -1.06. The van der Waals surface area contributed by atoms with Gasteiger partial charge in [0.05, 0.1) is 5.69 Å². The van der Waals surface area contributed by atoms with E-state index in [1.54, 1.807) is 38.1 Å². The minimum atomic E-state index is -0.336. The third-order valence-electron chi connectivity index (χ3n) is 2.72. The van der Waals surface area contributed by atoms with E-state index in [9.17, 15) is 15.0 Å². The molecule has 0 fully saturated rings. The molecule has 2 aromatic carbocycles. The van der Waals surface area contributed by atoms with Crippen molar-refractivity contribution in [3.05, 3.63) is 30.3 Å². The largest absolute Gasteiger partial charge is 0.504 e. The van der Waals surface area contributed by atoms with Crippen molar-refractivity contribution in [1.29, 1.82) is 0 Å². The van der Waals surface area contributed by atoms with Gasteiger partial charge in [0.15, 0.2) is 11.5 Å². The van der Waals surface area contributed by atoms with E-state index in [-0.39, 0.29) is 23.3 Å². The zero-order chi connectivity index (χ0) is 14.0. The van der Waals surface area contributed by atoms with Crippen LogP contribution < -0.4 is 0 Å². The second-order valence-corrected chi connectivity index (χ2v) is 4.50. The molecule has 0 saturated carbocycles. The second kappa shape index (κ2) is 5.06. The van der Waals surface area contributed by atoms with E-state index >= 15 is 0 Å². The van der Waals surface area contributed by atoms with Crippen LogP contribution in [0.5, 0.6) is 11.5 Å². The van der Waals surface area contributed by atoms with Gasteiger partial charge in [0.2, 0.25) is 0 Å². The Balaban J connectivity index is 2.55. The van der Waals surface area contributed by atoms with Crippen LogP contribution in [-0.2, 0) is 4.79 Å². The van der Waals surface area contributed by atoms with Gasteiger partial charge in [-0.1, -0.05) is 38.1 Å². The number of rotatable bonds is 2. The van der Waals surface area contributed by atoms with Gasteiger partial charge < -0.3 is 10.2 Å². The lowest BCUT2D eigenvalue weighted by Crippen LogP contribution is -2.01. The Bertz CT molecular complexity index is 663. The van der Waals surface area contributed by atoms with Gasteiger partial charge >= 0.3 is 0 Å². The van der Waals surface area contributed by atoms with Crippen molar-refractivity contribution in [2.24, 2.45) is 16.1 Å². The van der Waals surface area contributed by atoms with Gasteiger partial charge in [-0.3, -0.25) is 4.79 Å². The molecule has 2 rings (SSSR count). The first kappa shape index (κ1) is 13.0. The molecule has 0 aliphatic rings. The summed E-state index contributed by atoms with van der Waals surface area (Å²) in [4.78, 5) is 11.4. The van der Waals surface area contributed by atoms with Gasteiger partial charge in [-0.25, -0.2) is 0 Å². The smallest absolute Gasteiger partial charge is 0.267 e. The lowest BCUT2D eigenvalue weighted by atomic mass is 10.1. The maximum Gasteiger partial charge on any atom is 0.267 e. The monoisotopic (exact) mass is 258 g/mol. The van der Waals surface area contributed by atoms with Crippen LogP contribution in [0.4, 0.5) is 5.69 Å². The Morgan fingerprint density at radius 2 is 1.79 bits per heavy atom. The Labute approximate surface area is 110 Å². The number of benzene rings is 2. The molecule has 0 aliphatic carbocycles. The van der Waals surface area contributed by atoms with E-state index in [2.05, 4.69) is 10.2 Å². The standard InChI is InChI=1S/C14H14N2O3/c1-8(2)14(19)16-15-11-7-12(17)13(18)10-6-4-3-5-9(10)11/h3-8,17-18H,1-2H3. The summed E-state index contributed by atoms with van der Waals surface area (Å²) >= 11 is 0. The minimum Gasteiger partial charge on any atom is -0.504 e. The normalized spacial score (nSPS) is 11.5. The number of nitrogens with zero attached hydrogens (tertiary/aromatic N) is 2. The predicted molar refractivity (Wildman–Crippen MR) is 71.6 cm³/mol. The maximum atomic E-state index is 11.4. The van der Waals surface area contributed by atoms with Crippen LogP contribution in [0, 0.1) is 5.92 Å². The summed E-state index contributed by atoms with van der Waals surface area (Å²) < 4.78 is 0. The number of carbonyl (C=O) groups excluding carboxylic acids is 1. The highest BCUT2D eigenvalue weighted by Gasteiger charge is 2.11. The van der Waals surface area contributed by atoms with E-state index in [1.165, 1.54) is 6.07 Å². The molecule has 0 radical (unpaired) electrons. The Morgan fingerprint density at radius 3 is 2.42 bits per heavy atom. The predicted octanol–water partition coefficient (Wildman–Crippen LogP) is 3.52. The van der Waals surface area contributed by atoms with Crippen molar-refractivity contribution in [3.8, 4) is 11.5 Å². The fraction of sp³-hybridized carbons (Fsp3) is 0.214. The summed E-state index contributed by atoms with van der Waals surface area (Å²) in [7, 11) is 0. The Hall–Kier alpha value is -2.43. The van der Waals surface area contributed by atoms with Crippen LogP contribution in [0.2, 0.25) is 0 Å². The molecule has 2 N–H and O–H groups in total. The quantitative estimate of drug-likeness (QED) is 0.638. The summed E-state index contributed by atoms with van der Waals surface area (Å²) in [5.41, 5.74) is 0.347. The van der Waals surface area contributed by atoms with E-state index in [0.717, 1.165) is 0 Å². The van der Waals surface area contributed by atoms with Crippen molar-refractivity contribution in [3.63, 3.8) is 0 Å². The summed E-state index contributed by atoms with van der Waals surface area (Å²) in [5, 5.41) is 28.0. The van der Waals surface area contributed by atoms with Gasteiger partial charge in [-0.05, 0) is 0 Å². The molecule has 0 spiro atoms. The molecule has 0 aliphatic heterocycles. The molecule has 2 aromatic rings. The molecule has 19 heavy (non-hydrogen) atoms. The van der Waals surface area contributed by atoms with Crippen molar-refractivity contribution in [1.82, 2.24) is 0 Å². The lowest BCUT2D eigenvalue weighted by Gasteiger charge is -2.05. The summed E-state index contributed by atoms with van der Waals surface area (Å²) in [6.45, 7) is 3.46. The number of azo groups is 1. The molecular formula is C14H14N2O3. The fourth-order valence-corrected chi connectivity index (χ4v) is 1.63. The minimum absolute atomic E-state index is 0.204. The average Bonchev–Trinajstić information content (AvgIpc) is 2.40. The molecule has 0 atom stereocenters. The van der Waals surface area contributed by atoms with Crippen LogP contribution in [0.3, 0.4) is 0 Å². The molecule has 1 amide bonds. The van der Waals surface area contributed by atoms with Crippen LogP contribution in [0.25, 0.3) is 10.8 Å². The van der Waals surface area contributed by atoms with Crippen molar-refractivity contribution in [2.75, 3.05) is 0 Å². The van der Waals surface area contributed by atoms with Crippen molar-refractivity contribution >= 4 is 22.4 Å². The zero-order valence-corrected chi connectivity index (χ0v) is 10.7. The molecule has 0 aromatic heterocycles. The number of fused-ring (bicyclic) bond motifs is 1. The van der Waals surface area contributed by atoms with E-state index in [4.69, 9.17) is 0 Å². The molecule has 5 heteroatoms. The highest BCUT2D eigenvalue weighted by Crippen LogP contribution is 2.39. The number of aromatic hydroxyl groups is 2. The first-order valence-corrected chi connectivity index (χ1v) is 5.90. The van der Waals surface area contributed by atoms with E-state index in [1.807, 2.05) is 0 Å². The third kappa shape index (κ3) is 2.54. The van der Waals surface area contributed by atoms with Crippen molar-refractivity contribution < 1.29 is 15.0 Å². The van der Waals surface area contributed by atoms with E-state index < -0.39 is 0 Å². The van der Waals surface area contributed by atoms with Crippen LogP contribution in [0.15, 0.2) is 40.6 Å². The van der Waals surface area contributed by atoms with Gasteiger partial charge in [0.1, 0.15) is 0 Å². The molecule has 0 unspecified atom stereocenters. The molecule has 0 heterocycles. The molecule has 0 saturated heterocycles. The fourth-order valence-electron chi connectivity index (χ4n) is 1.63. The number of phenolic OH excluding ortho intramolecular Hbond substituents is 2. The number of phenols is 2. The summed E-state index contributed by atoms with van der Waals surface area (Å²) in [6, 6.07) is 8.20. The third-order valence-corrected chi connectivity index (χ3v) is 2.72. The topological polar surface area (TPSA) is 82.2 Å². The molecular weight excluding hydrogens is 244 g/mol. The van der Waals surface area contributed by atoms with E-state index in [0.29, 0.717) is 16.5 Å². The van der Waals surface area contributed by atoms with Crippen LogP contribution in [-0.4, -0.2) is 16.1 Å². The van der Waals surface area contributed by atoms with Crippen molar-refractivity contribution in [2.45, 2.75) is 13.8 Å². The second-order valence-electron chi connectivity index (χ2n) is 4.50. The number of carbonyl (C=O) groups is 1. The highest BCUT2D eigenvalue weighted by molar-refractivity contribution is 5.98. The first-order valence-electron chi connectivity index (χ1n) is 5.90. The lowest BCUT2D eigenvalue weighted by molar-refractivity contribution is -0.121. The number of hydrogen-bond acceptors (Lipinski definition) is 4. The van der Waals surface area contributed by atoms with Crippen LogP contribution in [0.1, 0.15) is 13.8 Å². The number of hydrogen-bond donors (Lipinski definition) is 2. The highest BCUT2D eigenvalue weighted by atomic mass is 16.3. The average molecular weight is 258 g/mol. The SMILES string of the molecule is CC(C)C(=O)N=Nc1cc(O)c(O)c2ccccc12. The maximum absolute atomic E-state index is 11.4. The first-order chi connectivity index (χ1) is 9.00. The molecule has 0 bridgehead atoms. The van der Waals surface area contributed by atoms with Gasteiger partial charge in [-0.2, -0.15) is 0 Å². The van der Waals surface area contributed by atoms with Gasteiger partial charge in [0, 0.05) is 22.8 Å². The number of amides is 1. The molecule has 98 valence electrons. The van der Waals surface area contributed by atoms with Gasteiger partial charge in [0.25, 0.3) is 5.91 Å². The zero-order valence-electron chi connectivity index (χ0n) is 10.7. The Morgan fingerprint density at radius 1 is 1.16 bits per heavy atom.